The number of rotatable bonds is 2. The number of benzene rings is 1. The van der Waals surface area contributed by atoms with Gasteiger partial charge in [-0.3, -0.25) is 25.5 Å². The highest BCUT2D eigenvalue weighted by Gasteiger charge is 2.44. The van der Waals surface area contributed by atoms with E-state index in [1.165, 1.54) is 11.0 Å². The van der Waals surface area contributed by atoms with E-state index in [1.807, 2.05) is 0 Å². The monoisotopic (exact) mass is 310 g/mol. The molecule has 0 aliphatic carbocycles. The molecule has 3 amide bonds. The Hall–Kier alpha value is -2.12. The SMILES string of the molecule is CC1(C)C(=O)NC(=O)CN1C(=O)c1cc(Cl)ccc1NN. The fourth-order valence-electron chi connectivity index (χ4n) is 2.07. The highest BCUT2D eigenvalue weighted by atomic mass is 35.5. The highest BCUT2D eigenvalue weighted by molar-refractivity contribution is 6.31. The Labute approximate surface area is 126 Å². The first-order chi connectivity index (χ1) is 9.77. The second kappa shape index (κ2) is 5.34. The molecule has 0 aromatic heterocycles. The van der Waals surface area contributed by atoms with Crippen LogP contribution in [0.25, 0.3) is 0 Å². The smallest absolute Gasteiger partial charge is 0.257 e. The molecule has 1 heterocycles. The van der Waals surface area contributed by atoms with Crippen LogP contribution in [0.4, 0.5) is 5.69 Å². The molecule has 112 valence electrons. The van der Waals surface area contributed by atoms with E-state index >= 15 is 0 Å². The molecule has 0 spiro atoms. The van der Waals surface area contributed by atoms with Crippen molar-refractivity contribution in [3.63, 3.8) is 0 Å². The number of carbonyl (C=O) groups is 3. The average molecular weight is 311 g/mol. The van der Waals surface area contributed by atoms with Crippen molar-refractivity contribution < 1.29 is 14.4 Å². The van der Waals surface area contributed by atoms with E-state index in [0.717, 1.165) is 0 Å². The fourth-order valence-corrected chi connectivity index (χ4v) is 2.25. The van der Waals surface area contributed by atoms with E-state index in [0.29, 0.717) is 10.7 Å². The van der Waals surface area contributed by atoms with Crippen LogP contribution in [0.15, 0.2) is 18.2 Å². The van der Waals surface area contributed by atoms with Crippen LogP contribution >= 0.6 is 11.6 Å². The molecule has 1 aliphatic rings. The predicted molar refractivity (Wildman–Crippen MR) is 77.5 cm³/mol. The van der Waals surface area contributed by atoms with Gasteiger partial charge in [0.1, 0.15) is 12.1 Å². The van der Waals surface area contributed by atoms with Crippen LogP contribution in [0.1, 0.15) is 24.2 Å². The summed E-state index contributed by atoms with van der Waals surface area (Å²) in [6.07, 6.45) is 0. The molecular weight excluding hydrogens is 296 g/mol. The predicted octanol–water partition coefficient (Wildman–Crippen LogP) is 0.503. The zero-order chi connectivity index (χ0) is 15.8. The van der Waals surface area contributed by atoms with Crippen LogP contribution in [0, 0.1) is 0 Å². The number of amides is 3. The summed E-state index contributed by atoms with van der Waals surface area (Å²) in [6.45, 7) is 2.91. The van der Waals surface area contributed by atoms with Gasteiger partial charge in [0.05, 0.1) is 11.3 Å². The van der Waals surface area contributed by atoms with Crippen LogP contribution in [0.3, 0.4) is 0 Å². The Balaban J connectivity index is 2.45. The van der Waals surface area contributed by atoms with Gasteiger partial charge >= 0.3 is 0 Å². The first-order valence-corrected chi connectivity index (χ1v) is 6.57. The third kappa shape index (κ3) is 2.70. The van der Waals surface area contributed by atoms with Crippen LogP contribution in [-0.2, 0) is 9.59 Å². The molecule has 1 fully saturated rings. The van der Waals surface area contributed by atoms with Crippen molar-refractivity contribution in [1.29, 1.82) is 0 Å². The van der Waals surface area contributed by atoms with Crippen LogP contribution in [0.2, 0.25) is 5.02 Å². The van der Waals surface area contributed by atoms with E-state index in [1.54, 1.807) is 26.0 Å². The average Bonchev–Trinajstić information content (AvgIpc) is 2.42. The number of imide groups is 1. The van der Waals surface area contributed by atoms with Crippen LogP contribution < -0.4 is 16.6 Å². The van der Waals surface area contributed by atoms with Gasteiger partial charge in [-0.2, -0.15) is 0 Å². The maximum Gasteiger partial charge on any atom is 0.257 e. The number of carbonyl (C=O) groups excluding carboxylic acids is 3. The summed E-state index contributed by atoms with van der Waals surface area (Å²) < 4.78 is 0. The molecule has 0 atom stereocenters. The second-order valence-corrected chi connectivity index (χ2v) is 5.60. The van der Waals surface area contributed by atoms with Crippen molar-refractivity contribution in [2.24, 2.45) is 5.84 Å². The number of nitrogen functional groups attached to an aromatic ring is 1. The molecule has 2 rings (SSSR count). The highest BCUT2D eigenvalue weighted by Crippen LogP contribution is 2.26. The Bertz CT molecular complexity index is 630. The van der Waals surface area contributed by atoms with Crippen molar-refractivity contribution in [1.82, 2.24) is 10.2 Å². The third-order valence-corrected chi connectivity index (χ3v) is 3.63. The summed E-state index contributed by atoms with van der Waals surface area (Å²) in [5, 5.41) is 2.56. The molecule has 0 bridgehead atoms. The number of nitrogens with one attached hydrogen (secondary N) is 2. The van der Waals surface area contributed by atoms with Crippen molar-refractivity contribution in [2.75, 3.05) is 12.0 Å². The number of nitrogens with two attached hydrogens (primary N) is 1. The summed E-state index contributed by atoms with van der Waals surface area (Å²) in [7, 11) is 0. The van der Waals surface area contributed by atoms with Gasteiger partial charge in [0.15, 0.2) is 0 Å². The van der Waals surface area contributed by atoms with E-state index in [9.17, 15) is 14.4 Å². The number of hydrogen-bond donors (Lipinski definition) is 3. The maximum atomic E-state index is 12.7. The molecule has 1 aliphatic heterocycles. The quantitative estimate of drug-likeness (QED) is 0.419. The summed E-state index contributed by atoms with van der Waals surface area (Å²) >= 11 is 5.90. The molecule has 0 unspecified atom stereocenters. The van der Waals surface area contributed by atoms with Gasteiger partial charge in [-0.15, -0.1) is 0 Å². The maximum absolute atomic E-state index is 12.7. The number of hydrazine groups is 1. The van der Waals surface area contributed by atoms with Crippen LogP contribution in [0.5, 0.6) is 0 Å². The summed E-state index contributed by atoms with van der Waals surface area (Å²) in [4.78, 5) is 37.3. The zero-order valence-corrected chi connectivity index (χ0v) is 12.3. The van der Waals surface area contributed by atoms with E-state index in [-0.39, 0.29) is 12.1 Å². The number of hydrogen-bond acceptors (Lipinski definition) is 5. The lowest BCUT2D eigenvalue weighted by atomic mass is 9.97. The molecule has 1 aromatic carbocycles. The van der Waals surface area contributed by atoms with E-state index in [4.69, 9.17) is 17.4 Å². The molecule has 1 aromatic rings. The third-order valence-electron chi connectivity index (χ3n) is 3.40. The van der Waals surface area contributed by atoms with E-state index < -0.39 is 23.3 Å². The standard InChI is InChI=1S/C13H15ClN4O3/c1-13(2)12(21)16-10(19)6-18(13)11(20)8-5-7(14)3-4-9(8)17-15/h3-5,17H,6,15H2,1-2H3,(H,16,19,21). The lowest BCUT2D eigenvalue weighted by molar-refractivity contribution is -0.143. The van der Waals surface area contributed by atoms with E-state index in [2.05, 4.69) is 10.7 Å². The first kappa shape index (κ1) is 15.3. The first-order valence-electron chi connectivity index (χ1n) is 6.20. The molecule has 21 heavy (non-hydrogen) atoms. The van der Waals surface area contributed by atoms with Gasteiger partial charge in [0.25, 0.3) is 11.8 Å². The van der Waals surface area contributed by atoms with Crippen LogP contribution in [-0.4, -0.2) is 34.7 Å². The summed E-state index contributed by atoms with van der Waals surface area (Å²) in [6, 6.07) is 4.56. The number of nitrogens with zero attached hydrogens (tertiary/aromatic N) is 1. The van der Waals surface area contributed by atoms with Gasteiger partial charge < -0.3 is 10.3 Å². The largest absolute Gasteiger partial charge is 0.323 e. The molecule has 1 saturated heterocycles. The minimum Gasteiger partial charge on any atom is -0.323 e. The Morgan fingerprint density at radius 2 is 2.10 bits per heavy atom. The summed E-state index contributed by atoms with van der Waals surface area (Å²) in [5.74, 6) is 3.82. The van der Waals surface area contributed by atoms with Gasteiger partial charge in [-0.1, -0.05) is 11.6 Å². The Morgan fingerprint density at radius 1 is 1.43 bits per heavy atom. The molecule has 0 radical (unpaired) electrons. The molecular formula is C13H15ClN4O3. The van der Waals surface area contributed by atoms with Crippen molar-refractivity contribution >= 4 is 35.0 Å². The lowest BCUT2D eigenvalue weighted by Crippen LogP contribution is -2.65. The number of anilines is 1. The second-order valence-electron chi connectivity index (χ2n) is 5.16. The normalized spacial score (nSPS) is 17.4. The Kier molecular flexibility index (Phi) is 3.89. The zero-order valence-electron chi connectivity index (χ0n) is 11.6. The van der Waals surface area contributed by atoms with Crippen molar-refractivity contribution in [3.05, 3.63) is 28.8 Å². The van der Waals surface area contributed by atoms with Crippen molar-refractivity contribution in [3.8, 4) is 0 Å². The lowest BCUT2D eigenvalue weighted by Gasteiger charge is -2.40. The van der Waals surface area contributed by atoms with Crippen molar-refractivity contribution in [2.45, 2.75) is 19.4 Å². The minimum absolute atomic E-state index is 0.195. The Morgan fingerprint density at radius 3 is 2.71 bits per heavy atom. The minimum atomic E-state index is -1.15. The number of halogens is 1. The van der Waals surface area contributed by atoms with Gasteiger partial charge in [-0.05, 0) is 32.0 Å². The van der Waals surface area contributed by atoms with Gasteiger partial charge in [0, 0.05) is 5.02 Å². The topological polar surface area (TPSA) is 105 Å². The summed E-state index contributed by atoms with van der Waals surface area (Å²) in [5.41, 5.74) is 1.80. The molecule has 4 N–H and O–H groups in total. The van der Waals surface area contributed by atoms with Gasteiger partial charge in [0.2, 0.25) is 5.91 Å². The molecule has 8 heteroatoms. The fraction of sp³-hybridized carbons (Fsp3) is 0.308. The number of piperazine rings is 1. The molecule has 7 nitrogen and oxygen atoms in total. The van der Waals surface area contributed by atoms with Gasteiger partial charge in [-0.25, -0.2) is 0 Å². The molecule has 0 saturated carbocycles.